The van der Waals surface area contributed by atoms with Gasteiger partial charge in [0.15, 0.2) is 0 Å². The van der Waals surface area contributed by atoms with Crippen LogP contribution in [0.3, 0.4) is 0 Å². The molecule has 18 heavy (non-hydrogen) atoms. The summed E-state index contributed by atoms with van der Waals surface area (Å²) in [5, 5.41) is 3.54. The molecule has 1 N–H and O–H groups in total. The maximum Gasteiger partial charge on any atom is 0.213 e. The van der Waals surface area contributed by atoms with Crippen molar-refractivity contribution >= 4 is 5.69 Å². The Hall–Kier alpha value is -1.29. The molecule has 0 spiro atoms. The maximum absolute atomic E-state index is 5.06. The standard InChI is InChI=1S/C14H23N3O/c1-11(12-6-8-17(2)9-7-12)16-13-4-5-14(18-3)15-10-13/h4-5,10-12,16H,6-9H2,1-3H3. The second-order valence-electron chi connectivity index (χ2n) is 5.16. The predicted molar refractivity (Wildman–Crippen MR) is 74.1 cm³/mol. The van der Waals surface area contributed by atoms with Crippen LogP contribution in [0.25, 0.3) is 0 Å². The molecule has 1 aromatic heterocycles. The van der Waals surface area contributed by atoms with Crippen molar-refractivity contribution in [3.05, 3.63) is 18.3 Å². The minimum Gasteiger partial charge on any atom is -0.481 e. The first-order chi connectivity index (χ1) is 8.69. The Bertz CT molecular complexity index is 358. The Morgan fingerprint density at radius 2 is 2.11 bits per heavy atom. The van der Waals surface area contributed by atoms with E-state index in [2.05, 4.69) is 29.2 Å². The summed E-state index contributed by atoms with van der Waals surface area (Å²) >= 11 is 0. The van der Waals surface area contributed by atoms with Crippen molar-refractivity contribution in [3.63, 3.8) is 0 Å². The van der Waals surface area contributed by atoms with E-state index in [0.29, 0.717) is 11.9 Å². The van der Waals surface area contributed by atoms with Crippen LogP contribution in [0.5, 0.6) is 5.88 Å². The molecule has 0 aliphatic carbocycles. The molecule has 0 amide bonds. The first-order valence-electron chi connectivity index (χ1n) is 6.64. The Kier molecular flexibility index (Phi) is 4.42. The highest BCUT2D eigenvalue weighted by Gasteiger charge is 2.22. The maximum atomic E-state index is 5.06. The topological polar surface area (TPSA) is 37.4 Å². The van der Waals surface area contributed by atoms with E-state index in [0.717, 1.165) is 11.6 Å². The van der Waals surface area contributed by atoms with Crippen LogP contribution in [0.1, 0.15) is 19.8 Å². The number of nitrogens with zero attached hydrogens (tertiary/aromatic N) is 2. The SMILES string of the molecule is COc1ccc(NC(C)C2CCN(C)CC2)cn1. The zero-order chi connectivity index (χ0) is 13.0. The first kappa shape index (κ1) is 13.1. The lowest BCUT2D eigenvalue weighted by molar-refractivity contribution is 0.208. The summed E-state index contributed by atoms with van der Waals surface area (Å²) in [6.45, 7) is 4.68. The van der Waals surface area contributed by atoms with Crippen molar-refractivity contribution in [1.82, 2.24) is 9.88 Å². The lowest BCUT2D eigenvalue weighted by atomic mass is 9.90. The summed E-state index contributed by atoms with van der Waals surface area (Å²) in [6, 6.07) is 4.41. The third-order valence-electron chi connectivity index (χ3n) is 3.81. The number of ether oxygens (including phenoxy) is 1. The van der Waals surface area contributed by atoms with E-state index in [9.17, 15) is 0 Å². The number of rotatable bonds is 4. The highest BCUT2D eigenvalue weighted by atomic mass is 16.5. The van der Waals surface area contributed by atoms with E-state index in [1.165, 1.54) is 25.9 Å². The molecule has 1 aliphatic heterocycles. The minimum absolute atomic E-state index is 0.494. The summed E-state index contributed by atoms with van der Waals surface area (Å²) in [5.41, 5.74) is 1.07. The lowest BCUT2D eigenvalue weighted by Gasteiger charge is -2.33. The second kappa shape index (κ2) is 6.05. The van der Waals surface area contributed by atoms with Crippen LogP contribution in [0, 0.1) is 5.92 Å². The average Bonchev–Trinajstić information content (AvgIpc) is 2.40. The largest absolute Gasteiger partial charge is 0.481 e. The molecule has 1 saturated heterocycles. The summed E-state index contributed by atoms with van der Waals surface area (Å²) in [6.07, 6.45) is 4.38. The molecule has 2 heterocycles. The molecule has 1 fully saturated rings. The fourth-order valence-electron chi connectivity index (χ4n) is 2.50. The summed E-state index contributed by atoms with van der Waals surface area (Å²) in [5.74, 6) is 1.41. The van der Waals surface area contributed by atoms with E-state index in [-0.39, 0.29) is 0 Å². The molecule has 0 saturated carbocycles. The third kappa shape index (κ3) is 3.35. The van der Waals surface area contributed by atoms with E-state index in [4.69, 9.17) is 4.74 Å². The van der Waals surface area contributed by atoms with Crippen molar-refractivity contribution in [1.29, 1.82) is 0 Å². The molecule has 2 rings (SSSR count). The van der Waals surface area contributed by atoms with E-state index in [1.54, 1.807) is 7.11 Å². The van der Waals surface area contributed by atoms with Gasteiger partial charge in [-0.2, -0.15) is 0 Å². The molecular weight excluding hydrogens is 226 g/mol. The number of pyridine rings is 1. The number of likely N-dealkylation sites (tertiary alicyclic amines) is 1. The smallest absolute Gasteiger partial charge is 0.213 e. The quantitative estimate of drug-likeness (QED) is 0.888. The Morgan fingerprint density at radius 3 is 2.67 bits per heavy atom. The number of aromatic nitrogens is 1. The lowest BCUT2D eigenvalue weighted by Crippen LogP contribution is -2.37. The van der Waals surface area contributed by atoms with Crippen molar-refractivity contribution < 1.29 is 4.74 Å². The zero-order valence-corrected chi connectivity index (χ0v) is 11.5. The van der Waals surface area contributed by atoms with Crippen molar-refractivity contribution in [2.45, 2.75) is 25.8 Å². The monoisotopic (exact) mass is 249 g/mol. The van der Waals surface area contributed by atoms with Crippen molar-refractivity contribution in [3.8, 4) is 5.88 Å². The average molecular weight is 249 g/mol. The van der Waals surface area contributed by atoms with Gasteiger partial charge in [-0.05, 0) is 51.9 Å². The van der Waals surface area contributed by atoms with Crippen LogP contribution < -0.4 is 10.1 Å². The molecule has 0 radical (unpaired) electrons. The summed E-state index contributed by atoms with van der Waals surface area (Å²) in [7, 11) is 3.83. The molecule has 4 heteroatoms. The van der Waals surface area contributed by atoms with Crippen LogP contribution in [0.2, 0.25) is 0 Å². The number of methoxy groups -OCH3 is 1. The number of hydrogen-bond donors (Lipinski definition) is 1. The Labute approximate surface area is 109 Å². The van der Waals surface area contributed by atoms with E-state index in [1.807, 2.05) is 18.3 Å². The fourth-order valence-corrected chi connectivity index (χ4v) is 2.50. The molecule has 4 nitrogen and oxygen atoms in total. The van der Waals surface area contributed by atoms with Gasteiger partial charge in [-0.15, -0.1) is 0 Å². The molecule has 1 atom stereocenters. The number of nitrogens with one attached hydrogen (secondary N) is 1. The Morgan fingerprint density at radius 1 is 1.39 bits per heavy atom. The van der Waals surface area contributed by atoms with Gasteiger partial charge in [-0.25, -0.2) is 4.98 Å². The second-order valence-corrected chi connectivity index (χ2v) is 5.16. The predicted octanol–water partition coefficient (Wildman–Crippen LogP) is 2.23. The van der Waals surface area contributed by atoms with Gasteiger partial charge in [-0.3, -0.25) is 0 Å². The van der Waals surface area contributed by atoms with Gasteiger partial charge >= 0.3 is 0 Å². The summed E-state index contributed by atoms with van der Waals surface area (Å²) < 4.78 is 5.06. The molecule has 1 aromatic rings. The van der Waals surface area contributed by atoms with Crippen LogP contribution >= 0.6 is 0 Å². The third-order valence-corrected chi connectivity index (χ3v) is 3.81. The summed E-state index contributed by atoms with van der Waals surface area (Å²) in [4.78, 5) is 6.62. The number of anilines is 1. The van der Waals surface area contributed by atoms with Gasteiger partial charge in [0.05, 0.1) is 19.0 Å². The van der Waals surface area contributed by atoms with Crippen LogP contribution in [-0.2, 0) is 0 Å². The van der Waals surface area contributed by atoms with Gasteiger partial charge in [0, 0.05) is 12.1 Å². The molecule has 0 aromatic carbocycles. The highest BCUT2D eigenvalue weighted by Crippen LogP contribution is 2.22. The van der Waals surface area contributed by atoms with Gasteiger partial charge in [0.2, 0.25) is 5.88 Å². The molecule has 1 aliphatic rings. The molecular formula is C14H23N3O. The fraction of sp³-hybridized carbons (Fsp3) is 0.643. The number of hydrogen-bond acceptors (Lipinski definition) is 4. The number of piperidine rings is 1. The molecule has 100 valence electrons. The van der Waals surface area contributed by atoms with Crippen LogP contribution in [0.4, 0.5) is 5.69 Å². The Balaban J connectivity index is 1.87. The normalized spacial score (nSPS) is 19.5. The van der Waals surface area contributed by atoms with Gasteiger partial charge in [0.1, 0.15) is 0 Å². The van der Waals surface area contributed by atoms with E-state index >= 15 is 0 Å². The van der Waals surface area contributed by atoms with Gasteiger partial charge in [-0.1, -0.05) is 0 Å². The molecule has 1 unspecified atom stereocenters. The van der Waals surface area contributed by atoms with E-state index < -0.39 is 0 Å². The van der Waals surface area contributed by atoms with Crippen molar-refractivity contribution in [2.75, 3.05) is 32.6 Å². The minimum atomic E-state index is 0.494. The van der Waals surface area contributed by atoms with Crippen molar-refractivity contribution in [2.24, 2.45) is 5.92 Å². The van der Waals surface area contributed by atoms with Crippen LogP contribution in [0.15, 0.2) is 18.3 Å². The zero-order valence-electron chi connectivity index (χ0n) is 11.5. The molecule has 0 bridgehead atoms. The van der Waals surface area contributed by atoms with Gasteiger partial charge < -0.3 is 15.0 Å². The van der Waals surface area contributed by atoms with Gasteiger partial charge in [0.25, 0.3) is 0 Å². The van der Waals surface area contributed by atoms with Crippen LogP contribution in [-0.4, -0.2) is 43.2 Å². The first-order valence-corrected chi connectivity index (χ1v) is 6.64. The highest BCUT2D eigenvalue weighted by molar-refractivity contribution is 5.42.